The molecule has 96 valence electrons. The van der Waals surface area contributed by atoms with Gasteiger partial charge in [0.1, 0.15) is 5.75 Å². The standard InChI is InChI=1S/C14H22BrNO/c1-9(2)12-7-11(15)8-13(14(12)17-4)10(3)5-6-16/h7-10H,5-6,16H2,1-4H3. The number of hydrogen-bond acceptors (Lipinski definition) is 2. The van der Waals surface area contributed by atoms with Crippen molar-refractivity contribution in [3.8, 4) is 5.75 Å². The van der Waals surface area contributed by atoms with Crippen molar-refractivity contribution >= 4 is 15.9 Å². The predicted molar refractivity (Wildman–Crippen MR) is 76.9 cm³/mol. The van der Waals surface area contributed by atoms with Gasteiger partial charge in [0.15, 0.2) is 0 Å². The van der Waals surface area contributed by atoms with Crippen molar-refractivity contribution in [2.75, 3.05) is 13.7 Å². The smallest absolute Gasteiger partial charge is 0.125 e. The Morgan fingerprint density at radius 2 is 1.82 bits per heavy atom. The zero-order valence-electron chi connectivity index (χ0n) is 11.1. The largest absolute Gasteiger partial charge is 0.496 e. The van der Waals surface area contributed by atoms with Gasteiger partial charge in [-0.1, -0.05) is 36.7 Å². The lowest BCUT2D eigenvalue weighted by Crippen LogP contribution is -2.07. The molecule has 0 saturated heterocycles. The van der Waals surface area contributed by atoms with Crippen LogP contribution in [-0.2, 0) is 0 Å². The van der Waals surface area contributed by atoms with E-state index in [-0.39, 0.29) is 0 Å². The van der Waals surface area contributed by atoms with Crippen molar-refractivity contribution in [2.24, 2.45) is 5.73 Å². The van der Waals surface area contributed by atoms with Crippen LogP contribution < -0.4 is 10.5 Å². The lowest BCUT2D eigenvalue weighted by atomic mass is 9.91. The Morgan fingerprint density at radius 3 is 2.29 bits per heavy atom. The first kappa shape index (κ1) is 14.5. The lowest BCUT2D eigenvalue weighted by molar-refractivity contribution is 0.398. The van der Waals surface area contributed by atoms with Gasteiger partial charge < -0.3 is 10.5 Å². The SMILES string of the molecule is COc1c(C(C)C)cc(Br)cc1C(C)CCN. The van der Waals surface area contributed by atoms with Crippen molar-refractivity contribution in [3.05, 3.63) is 27.7 Å². The average Bonchev–Trinajstić information content (AvgIpc) is 2.28. The highest BCUT2D eigenvalue weighted by atomic mass is 79.9. The first-order chi connectivity index (χ1) is 8.01. The zero-order chi connectivity index (χ0) is 13.0. The molecule has 0 bridgehead atoms. The molecule has 1 aromatic carbocycles. The molecule has 0 aliphatic heterocycles. The molecule has 2 N–H and O–H groups in total. The van der Waals surface area contributed by atoms with E-state index >= 15 is 0 Å². The van der Waals surface area contributed by atoms with Crippen LogP contribution in [0.5, 0.6) is 5.75 Å². The van der Waals surface area contributed by atoms with Crippen LogP contribution in [0.25, 0.3) is 0 Å². The maximum atomic E-state index is 5.64. The van der Waals surface area contributed by atoms with Gasteiger partial charge in [-0.2, -0.15) is 0 Å². The Hall–Kier alpha value is -0.540. The highest BCUT2D eigenvalue weighted by molar-refractivity contribution is 9.10. The van der Waals surface area contributed by atoms with Crippen LogP contribution in [-0.4, -0.2) is 13.7 Å². The molecule has 0 aromatic heterocycles. The van der Waals surface area contributed by atoms with E-state index in [0.717, 1.165) is 16.6 Å². The zero-order valence-corrected chi connectivity index (χ0v) is 12.7. The molecule has 2 nitrogen and oxygen atoms in total. The number of benzene rings is 1. The summed E-state index contributed by atoms with van der Waals surface area (Å²) in [5, 5.41) is 0. The van der Waals surface area contributed by atoms with Gasteiger partial charge in [0.25, 0.3) is 0 Å². The Morgan fingerprint density at radius 1 is 1.24 bits per heavy atom. The molecular weight excluding hydrogens is 278 g/mol. The summed E-state index contributed by atoms with van der Waals surface area (Å²) in [4.78, 5) is 0. The van der Waals surface area contributed by atoms with Gasteiger partial charge in [-0.15, -0.1) is 0 Å². The van der Waals surface area contributed by atoms with Gasteiger partial charge in [0.05, 0.1) is 7.11 Å². The van der Waals surface area contributed by atoms with E-state index in [0.29, 0.717) is 18.4 Å². The molecule has 1 unspecified atom stereocenters. The van der Waals surface area contributed by atoms with E-state index in [4.69, 9.17) is 10.5 Å². The van der Waals surface area contributed by atoms with Crippen LogP contribution in [0.3, 0.4) is 0 Å². The van der Waals surface area contributed by atoms with E-state index < -0.39 is 0 Å². The summed E-state index contributed by atoms with van der Waals surface area (Å²) >= 11 is 3.58. The van der Waals surface area contributed by atoms with Crippen LogP contribution in [0.15, 0.2) is 16.6 Å². The number of hydrogen-bond donors (Lipinski definition) is 1. The molecule has 0 fully saturated rings. The van der Waals surface area contributed by atoms with Gasteiger partial charge in [0, 0.05) is 4.47 Å². The third-order valence-corrected chi connectivity index (χ3v) is 3.53. The summed E-state index contributed by atoms with van der Waals surface area (Å²) in [6.07, 6.45) is 0.977. The highest BCUT2D eigenvalue weighted by Crippen LogP contribution is 2.38. The predicted octanol–water partition coefficient (Wildman–Crippen LogP) is 4.03. The van der Waals surface area contributed by atoms with Crippen LogP contribution >= 0.6 is 15.9 Å². The van der Waals surface area contributed by atoms with Crippen molar-refractivity contribution in [1.82, 2.24) is 0 Å². The third kappa shape index (κ3) is 3.46. The van der Waals surface area contributed by atoms with Crippen molar-refractivity contribution < 1.29 is 4.74 Å². The van der Waals surface area contributed by atoms with Crippen LogP contribution in [0.1, 0.15) is 50.2 Å². The Kier molecular flexibility index (Phi) is 5.47. The Balaban J connectivity index is 3.27. The van der Waals surface area contributed by atoms with E-state index in [9.17, 15) is 0 Å². The maximum absolute atomic E-state index is 5.64. The lowest BCUT2D eigenvalue weighted by Gasteiger charge is -2.20. The van der Waals surface area contributed by atoms with Gasteiger partial charge in [-0.25, -0.2) is 0 Å². The summed E-state index contributed by atoms with van der Waals surface area (Å²) in [5.41, 5.74) is 8.14. The van der Waals surface area contributed by atoms with Crippen LogP contribution in [0, 0.1) is 0 Å². The fraction of sp³-hybridized carbons (Fsp3) is 0.571. The molecule has 0 heterocycles. The molecule has 0 radical (unpaired) electrons. The van der Waals surface area contributed by atoms with E-state index in [2.05, 4.69) is 48.8 Å². The van der Waals surface area contributed by atoms with Gasteiger partial charge in [-0.3, -0.25) is 0 Å². The summed E-state index contributed by atoms with van der Waals surface area (Å²) in [6.45, 7) is 7.26. The van der Waals surface area contributed by atoms with Gasteiger partial charge >= 0.3 is 0 Å². The summed E-state index contributed by atoms with van der Waals surface area (Å²) < 4.78 is 6.71. The normalized spacial score (nSPS) is 12.9. The number of methoxy groups -OCH3 is 1. The maximum Gasteiger partial charge on any atom is 0.125 e. The quantitative estimate of drug-likeness (QED) is 0.891. The van der Waals surface area contributed by atoms with E-state index in [1.54, 1.807) is 7.11 Å². The second-order valence-electron chi connectivity index (χ2n) is 4.75. The number of nitrogens with two attached hydrogens (primary N) is 1. The topological polar surface area (TPSA) is 35.2 Å². The number of ether oxygens (including phenoxy) is 1. The third-order valence-electron chi connectivity index (χ3n) is 3.07. The van der Waals surface area contributed by atoms with Crippen molar-refractivity contribution in [1.29, 1.82) is 0 Å². The fourth-order valence-electron chi connectivity index (χ4n) is 2.07. The average molecular weight is 300 g/mol. The molecule has 1 atom stereocenters. The Bertz CT molecular complexity index is 377. The fourth-order valence-corrected chi connectivity index (χ4v) is 2.57. The molecule has 0 saturated carbocycles. The summed E-state index contributed by atoms with van der Waals surface area (Å²) in [5.74, 6) is 1.89. The molecule has 17 heavy (non-hydrogen) atoms. The number of rotatable bonds is 5. The summed E-state index contributed by atoms with van der Waals surface area (Å²) in [7, 11) is 1.74. The van der Waals surface area contributed by atoms with Gasteiger partial charge in [0.2, 0.25) is 0 Å². The molecule has 0 aliphatic rings. The Labute approximate surface area is 113 Å². The minimum Gasteiger partial charge on any atom is -0.496 e. The van der Waals surface area contributed by atoms with Gasteiger partial charge in [-0.05, 0) is 48.1 Å². The van der Waals surface area contributed by atoms with Crippen LogP contribution in [0.4, 0.5) is 0 Å². The second-order valence-corrected chi connectivity index (χ2v) is 5.67. The molecule has 0 spiro atoms. The minimum absolute atomic E-state index is 0.421. The summed E-state index contributed by atoms with van der Waals surface area (Å²) in [6, 6.07) is 4.28. The molecule has 0 amide bonds. The minimum atomic E-state index is 0.421. The van der Waals surface area contributed by atoms with E-state index in [1.807, 2.05) is 0 Å². The molecule has 3 heteroatoms. The second kappa shape index (κ2) is 6.41. The first-order valence-electron chi connectivity index (χ1n) is 6.08. The van der Waals surface area contributed by atoms with Crippen molar-refractivity contribution in [2.45, 2.75) is 39.0 Å². The monoisotopic (exact) mass is 299 g/mol. The molecule has 1 rings (SSSR count). The first-order valence-corrected chi connectivity index (χ1v) is 6.87. The van der Waals surface area contributed by atoms with Crippen molar-refractivity contribution in [3.63, 3.8) is 0 Å². The molecule has 1 aromatic rings. The van der Waals surface area contributed by atoms with E-state index in [1.165, 1.54) is 11.1 Å². The molecule has 0 aliphatic carbocycles. The number of halogens is 1. The van der Waals surface area contributed by atoms with Crippen LogP contribution in [0.2, 0.25) is 0 Å². The highest BCUT2D eigenvalue weighted by Gasteiger charge is 2.17. The molecular formula is C14H22BrNO.